The first kappa shape index (κ1) is 18.6. The van der Waals surface area contributed by atoms with Crippen LogP contribution in [-0.4, -0.2) is 23.4 Å². The maximum Gasteiger partial charge on any atom is 0.316 e. The van der Waals surface area contributed by atoms with E-state index in [1.807, 2.05) is 6.07 Å². The Labute approximate surface area is 154 Å². The molecule has 0 saturated heterocycles. The molecule has 0 bridgehead atoms. The number of anilines is 1. The van der Waals surface area contributed by atoms with Crippen molar-refractivity contribution < 1.29 is 14.3 Å². The van der Waals surface area contributed by atoms with Gasteiger partial charge in [-0.2, -0.15) is 0 Å². The van der Waals surface area contributed by atoms with Crippen molar-refractivity contribution in [2.75, 3.05) is 16.8 Å². The lowest BCUT2D eigenvalue weighted by Crippen LogP contribution is -2.16. The molecule has 2 aromatic carbocycles. The zero-order valence-electron chi connectivity index (χ0n) is 12.6. The lowest BCUT2D eigenvalue weighted by molar-refractivity contribution is -0.141. The minimum absolute atomic E-state index is 0.106. The molecule has 1 amide bonds. The molecule has 0 aliphatic heterocycles. The number of carbonyl (C=O) groups excluding carboxylic acids is 2. The zero-order valence-corrected chi connectivity index (χ0v) is 15.0. The smallest absolute Gasteiger partial charge is 0.316 e. The molecule has 126 valence electrons. The Morgan fingerprint density at radius 3 is 2.46 bits per heavy atom. The standard InChI is InChI=1S/C17H15Cl2NO3S/c18-13-4-6-15(7-5-13)20-16(21)10-24-11-17(22)23-9-12-2-1-3-14(19)8-12/h1-8H,9-11H2,(H,20,21). The Morgan fingerprint density at radius 2 is 1.75 bits per heavy atom. The molecular formula is C17H15Cl2NO3S. The predicted molar refractivity (Wildman–Crippen MR) is 98.7 cm³/mol. The Balaban J connectivity index is 1.65. The summed E-state index contributed by atoms with van der Waals surface area (Å²) in [4.78, 5) is 23.4. The van der Waals surface area contributed by atoms with Gasteiger partial charge in [0, 0.05) is 15.7 Å². The quantitative estimate of drug-likeness (QED) is 0.719. The van der Waals surface area contributed by atoms with E-state index in [1.165, 1.54) is 11.8 Å². The van der Waals surface area contributed by atoms with E-state index in [4.69, 9.17) is 27.9 Å². The largest absolute Gasteiger partial charge is 0.460 e. The van der Waals surface area contributed by atoms with Crippen molar-refractivity contribution in [3.05, 3.63) is 64.1 Å². The third-order valence-corrected chi connectivity index (χ3v) is 4.26. The Hall–Kier alpha value is -1.69. The van der Waals surface area contributed by atoms with Crippen molar-refractivity contribution >= 4 is 52.5 Å². The average molecular weight is 384 g/mol. The van der Waals surface area contributed by atoms with Crippen LogP contribution in [0.5, 0.6) is 0 Å². The van der Waals surface area contributed by atoms with Gasteiger partial charge in [-0.15, -0.1) is 11.8 Å². The van der Waals surface area contributed by atoms with E-state index in [1.54, 1.807) is 42.5 Å². The lowest BCUT2D eigenvalue weighted by atomic mass is 10.2. The molecule has 0 radical (unpaired) electrons. The summed E-state index contributed by atoms with van der Waals surface area (Å²) in [5, 5.41) is 3.92. The average Bonchev–Trinajstić information content (AvgIpc) is 2.55. The third kappa shape index (κ3) is 6.83. The minimum atomic E-state index is -0.376. The van der Waals surface area contributed by atoms with Crippen LogP contribution < -0.4 is 5.32 Å². The van der Waals surface area contributed by atoms with Crippen molar-refractivity contribution in [2.24, 2.45) is 0 Å². The fourth-order valence-corrected chi connectivity index (χ4v) is 2.74. The molecular weight excluding hydrogens is 369 g/mol. The number of amides is 1. The van der Waals surface area contributed by atoms with Gasteiger partial charge in [0.25, 0.3) is 0 Å². The monoisotopic (exact) mass is 383 g/mol. The normalized spacial score (nSPS) is 10.2. The number of halogens is 2. The SMILES string of the molecule is O=C(CSCC(=O)OCc1cccc(Cl)c1)Nc1ccc(Cl)cc1. The van der Waals surface area contributed by atoms with Gasteiger partial charge >= 0.3 is 5.97 Å². The molecule has 0 aliphatic carbocycles. The van der Waals surface area contributed by atoms with Gasteiger partial charge in [-0.1, -0.05) is 35.3 Å². The first-order valence-electron chi connectivity index (χ1n) is 7.06. The number of carbonyl (C=O) groups is 2. The number of esters is 1. The van der Waals surface area contributed by atoms with Crippen molar-refractivity contribution in [2.45, 2.75) is 6.61 Å². The van der Waals surface area contributed by atoms with E-state index in [-0.39, 0.29) is 30.0 Å². The highest BCUT2D eigenvalue weighted by Gasteiger charge is 2.07. The van der Waals surface area contributed by atoms with Gasteiger partial charge in [0.1, 0.15) is 6.61 Å². The maximum atomic E-state index is 11.8. The van der Waals surface area contributed by atoms with E-state index in [2.05, 4.69) is 5.32 Å². The molecule has 0 atom stereocenters. The molecule has 1 N–H and O–H groups in total. The second-order valence-corrected chi connectivity index (χ2v) is 6.70. The van der Waals surface area contributed by atoms with Gasteiger partial charge in [-0.05, 0) is 42.0 Å². The van der Waals surface area contributed by atoms with E-state index >= 15 is 0 Å². The van der Waals surface area contributed by atoms with Crippen LogP contribution in [-0.2, 0) is 20.9 Å². The molecule has 7 heteroatoms. The molecule has 2 rings (SSSR count). The number of nitrogens with one attached hydrogen (secondary N) is 1. The number of rotatable bonds is 7. The van der Waals surface area contributed by atoms with Gasteiger partial charge in [0.05, 0.1) is 11.5 Å². The van der Waals surface area contributed by atoms with Gasteiger partial charge in [0.2, 0.25) is 5.91 Å². The number of benzene rings is 2. The first-order valence-corrected chi connectivity index (χ1v) is 8.97. The molecule has 0 saturated carbocycles. The van der Waals surface area contributed by atoms with Crippen molar-refractivity contribution in [3.8, 4) is 0 Å². The summed E-state index contributed by atoms with van der Waals surface area (Å²) in [6.45, 7) is 0.164. The van der Waals surface area contributed by atoms with Crippen LogP contribution in [0.2, 0.25) is 10.0 Å². The van der Waals surface area contributed by atoms with Crippen LogP contribution in [0.4, 0.5) is 5.69 Å². The number of thioether (sulfide) groups is 1. The van der Waals surface area contributed by atoms with Crippen molar-refractivity contribution in [1.29, 1.82) is 0 Å². The van der Waals surface area contributed by atoms with E-state index in [0.29, 0.717) is 15.7 Å². The van der Waals surface area contributed by atoms with Crippen molar-refractivity contribution in [1.82, 2.24) is 0 Å². The predicted octanol–water partition coefficient (Wildman–Crippen LogP) is 4.41. The van der Waals surface area contributed by atoms with Crippen LogP contribution in [0, 0.1) is 0 Å². The minimum Gasteiger partial charge on any atom is -0.460 e. The molecule has 2 aromatic rings. The molecule has 0 heterocycles. The summed E-state index contributed by atoms with van der Waals surface area (Å²) in [5.41, 5.74) is 1.48. The summed E-state index contributed by atoms with van der Waals surface area (Å²) >= 11 is 12.8. The number of hydrogen-bond donors (Lipinski definition) is 1. The van der Waals surface area contributed by atoms with Crippen LogP contribution in [0.3, 0.4) is 0 Å². The molecule has 4 nitrogen and oxygen atoms in total. The second-order valence-electron chi connectivity index (χ2n) is 4.84. The van der Waals surface area contributed by atoms with Crippen molar-refractivity contribution in [3.63, 3.8) is 0 Å². The van der Waals surface area contributed by atoms with Crippen LogP contribution in [0.25, 0.3) is 0 Å². The summed E-state index contributed by atoms with van der Waals surface area (Å²) in [7, 11) is 0. The Bertz CT molecular complexity index is 707. The molecule has 0 spiro atoms. The topological polar surface area (TPSA) is 55.4 Å². The van der Waals surface area contributed by atoms with E-state index in [9.17, 15) is 9.59 Å². The van der Waals surface area contributed by atoms with Gasteiger partial charge in [-0.25, -0.2) is 0 Å². The third-order valence-electron chi connectivity index (χ3n) is 2.87. The highest BCUT2D eigenvalue weighted by molar-refractivity contribution is 8.00. The number of hydrogen-bond acceptors (Lipinski definition) is 4. The van der Waals surface area contributed by atoms with Gasteiger partial charge < -0.3 is 10.1 Å². The van der Waals surface area contributed by atoms with Crippen LogP contribution in [0.15, 0.2) is 48.5 Å². The van der Waals surface area contributed by atoms with Gasteiger partial charge in [0.15, 0.2) is 0 Å². The number of ether oxygens (including phenoxy) is 1. The molecule has 0 aliphatic rings. The summed E-state index contributed by atoms with van der Waals surface area (Å²) in [6.07, 6.45) is 0. The lowest BCUT2D eigenvalue weighted by Gasteiger charge is -2.06. The molecule has 0 unspecified atom stereocenters. The molecule has 0 aromatic heterocycles. The first-order chi connectivity index (χ1) is 11.5. The van der Waals surface area contributed by atoms with Crippen LogP contribution >= 0.6 is 35.0 Å². The Kier molecular flexibility index (Phi) is 7.43. The van der Waals surface area contributed by atoms with E-state index < -0.39 is 0 Å². The maximum absolute atomic E-state index is 11.8. The zero-order chi connectivity index (χ0) is 17.4. The fourth-order valence-electron chi connectivity index (χ4n) is 1.79. The second kappa shape index (κ2) is 9.57. The summed E-state index contributed by atoms with van der Waals surface area (Å²) < 4.78 is 5.13. The van der Waals surface area contributed by atoms with E-state index in [0.717, 1.165) is 5.56 Å². The molecule has 0 fully saturated rings. The molecule has 24 heavy (non-hydrogen) atoms. The Morgan fingerprint density at radius 1 is 1.00 bits per heavy atom. The summed E-state index contributed by atoms with van der Waals surface area (Å²) in [6, 6.07) is 13.9. The van der Waals surface area contributed by atoms with Crippen LogP contribution in [0.1, 0.15) is 5.56 Å². The summed E-state index contributed by atoms with van der Waals surface area (Å²) in [5.74, 6) is -0.298. The van der Waals surface area contributed by atoms with Gasteiger partial charge in [-0.3, -0.25) is 9.59 Å². The highest BCUT2D eigenvalue weighted by atomic mass is 35.5. The fraction of sp³-hybridized carbons (Fsp3) is 0.176. The highest BCUT2D eigenvalue weighted by Crippen LogP contribution is 2.14.